The molecular weight excluding hydrogens is 262 g/mol. The van der Waals surface area contributed by atoms with Gasteiger partial charge in [-0.2, -0.15) is 0 Å². The van der Waals surface area contributed by atoms with Crippen LogP contribution in [0.5, 0.6) is 0 Å². The molecular formula is C14H20ClN3O. The fourth-order valence-electron chi connectivity index (χ4n) is 2.32. The lowest BCUT2D eigenvalue weighted by molar-refractivity contribution is -0.115. The standard InChI is InChI=1S/C14H20ClN3O/c1-2-14(19)17-12-9-13(11(16)8-10(12)15)18-6-4-3-5-7-18/h8-9H,2-7,16H2,1H3,(H,17,19). The van der Waals surface area contributed by atoms with E-state index in [2.05, 4.69) is 10.2 Å². The number of halogens is 1. The van der Waals surface area contributed by atoms with Gasteiger partial charge in [0, 0.05) is 19.5 Å². The van der Waals surface area contributed by atoms with Crippen LogP contribution in [0.25, 0.3) is 0 Å². The summed E-state index contributed by atoms with van der Waals surface area (Å²) >= 11 is 6.13. The van der Waals surface area contributed by atoms with Crippen molar-refractivity contribution >= 4 is 34.6 Å². The summed E-state index contributed by atoms with van der Waals surface area (Å²) in [5.41, 5.74) is 8.32. The molecule has 0 bridgehead atoms. The lowest BCUT2D eigenvalue weighted by Crippen LogP contribution is -2.30. The van der Waals surface area contributed by atoms with Gasteiger partial charge in [0.15, 0.2) is 0 Å². The molecule has 3 N–H and O–H groups in total. The number of nitrogens with two attached hydrogens (primary N) is 1. The maximum absolute atomic E-state index is 11.5. The third kappa shape index (κ3) is 3.32. The average Bonchev–Trinajstić information content (AvgIpc) is 2.42. The minimum absolute atomic E-state index is 0.0451. The molecule has 1 aliphatic heterocycles. The van der Waals surface area contributed by atoms with Crippen LogP contribution < -0.4 is 16.0 Å². The topological polar surface area (TPSA) is 58.4 Å². The molecule has 0 atom stereocenters. The van der Waals surface area contributed by atoms with Crippen LogP contribution in [0.3, 0.4) is 0 Å². The summed E-state index contributed by atoms with van der Waals surface area (Å²) in [4.78, 5) is 13.8. The van der Waals surface area contributed by atoms with Gasteiger partial charge in [-0.05, 0) is 31.4 Å². The number of rotatable bonds is 3. The minimum atomic E-state index is -0.0451. The molecule has 0 radical (unpaired) electrons. The van der Waals surface area contributed by atoms with Crippen molar-refractivity contribution in [2.24, 2.45) is 0 Å². The molecule has 2 rings (SSSR count). The van der Waals surface area contributed by atoms with E-state index in [1.807, 2.05) is 13.0 Å². The van der Waals surface area contributed by atoms with Crippen LogP contribution in [0.15, 0.2) is 12.1 Å². The second kappa shape index (κ2) is 6.15. The first-order valence-corrected chi connectivity index (χ1v) is 7.13. The summed E-state index contributed by atoms with van der Waals surface area (Å²) in [5.74, 6) is -0.0451. The van der Waals surface area contributed by atoms with Gasteiger partial charge in [-0.1, -0.05) is 18.5 Å². The second-order valence-corrected chi connectivity index (χ2v) is 5.25. The van der Waals surface area contributed by atoms with Gasteiger partial charge >= 0.3 is 0 Å². The lowest BCUT2D eigenvalue weighted by atomic mass is 10.1. The predicted octanol–water partition coefficient (Wildman–Crippen LogP) is 3.26. The van der Waals surface area contributed by atoms with Crippen LogP contribution in [-0.2, 0) is 4.79 Å². The van der Waals surface area contributed by atoms with Crippen LogP contribution in [0.2, 0.25) is 5.02 Å². The molecule has 4 nitrogen and oxygen atoms in total. The molecule has 1 aliphatic rings. The van der Waals surface area contributed by atoms with E-state index >= 15 is 0 Å². The van der Waals surface area contributed by atoms with Gasteiger partial charge in [-0.15, -0.1) is 0 Å². The summed E-state index contributed by atoms with van der Waals surface area (Å²) in [6.07, 6.45) is 4.06. The van der Waals surface area contributed by atoms with Crippen molar-refractivity contribution in [3.05, 3.63) is 17.2 Å². The molecule has 5 heteroatoms. The molecule has 0 spiro atoms. The predicted molar refractivity (Wildman–Crippen MR) is 80.8 cm³/mol. The zero-order valence-corrected chi connectivity index (χ0v) is 12.0. The first-order valence-electron chi connectivity index (χ1n) is 6.75. The van der Waals surface area contributed by atoms with Gasteiger partial charge in [0.1, 0.15) is 0 Å². The quantitative estimate of drug-likeness (QED) is 0.836. The molecule has 104 valence electrons. The van der Waals surface area contributed by atoms with Crippen molar-refractivity contribution in [1.29, 1.82) is 0 Å². The Morgan fingerprint density at radius 2 is 2.05 bits per heavy atom. The minimum Gasteiger partial charge on any atom is -0.397 e. The highest BCUT2D eigenvalue weighted by molar-refractivity contribution is 6.34. The summed E-state index contributed by atoms with van der Waals surface area (Å²) < 4.78 is 0. The molecule has 0 saturated carbocycles. The van der Waals surface area contributed by atoms with Gasteiger partial charge in [0.2, 0.25) is 5.91 Å². The van der Waals surface area contributed by atoms with Gasteiger partial charge in [-0.3, -0.25) is 4.79 Å². The zero-order chi connectivity index (χ0) is 13.8. The fraction of sp³-hybridized carbons (Fsp3) is 0.500. The van der Waals surface area contributed by atoms with Crippen molar-refractivity contribution in [3.63, 3.8) is 0 Å². The number of nitrogen functional groups attached to an aromatic ring is 1. The lowest BCUT2D eigenvalue weighted by Gasteiger charge is -2.30. The number of amides is 1. The number of carbonyl (C=O) groups is 1. The Hall–Kier alpha value is -1.42. The number of benzene rings is 1. The monoisotopic (exact) mass is 281 g/mol. The van der Waals surface area contributed by atoms with Gasteiger partial charge in [0.05, 0.1) is 22.1 Å². The average molecular weight is 282 g/mol. The number of piperidine rings is 1. The second-order valence-electron chi connectivity index (χ2n) is 4.84. The number of hydrogen-bond donors (Lipinski definition) is 2. The van der Waals surface area contributed by atoms with Crippen molar-refractivity contribution < 1.29 is 4.79 Å². The first-order chi connectivity index (χ1) is 9.11. The van der Waals surface area contributed by atoms with Gasteiger partial charge < -0.3 is 16.0 Å². The Morgan fingerprint density at radius 3 is 2.68 bits per heavy atom. The molecule has 0 aliphatic carbocycles. The molecule has 1 heterocycles. The zero-order valence-electron chi connectivity index (χ0n) is 11.2. The fourth-order valence-corrected chi connectivity index (χ4v) is 2.54. The molecule has 1 saturated heterocycles. The normalized spacial score (nSPS) is 15.4. The van der Waals surface area contributed by atoms with Crippen molar-refractivity contribution in [2.45, 2.75) is 32.6 Å². The number of hydrogen-bond acceptors (Lipinski definition) is 3. The van der Waals surface area contributed by atoms with E-state index in [1.165, 1.54) is 19.3 Å². The van der Waals surface area contributed by atoms with E-state index in [1.54, 1.807) is 6.07 Å². The summed E-state index contributed by atoms with van der Waals surface area (Å²) in [5, 5.41) is 3.30. The Labute approximate surface area is 118 Å². The molecule has 1 aromatic carbocycles. The summed E-state index contributed by atoms with van der Waals surface area (Å²) in [6, 6.07) is 3.60. The Bertz CT molecular complexity index is 470. The highest BCUT2D eigenvalue weighted by atomic mass is 35.5. The largest absolute Gasteiger partial charge is 0.397 e. The van der Waals surface area contributed by atoms with Crippen LogP contribution >= 0.6 is 11.6 Å². The highest BCUT2D eigenvalue weighted by Crippen LogP contribution is 2.34. The van der Waals surface area contributed by atoms with Crippen LogP contribution in [0, 0.1) is 0 Å². The molecule has 1 fully saturated rings. The smallest absolute Gasteiger partial charge is 0.224 e. The number of carbonyl (C=O) groups excluding carboxylic acids is 1. The Morgan fingerprint density at radius 1 is 1.37 bits per heavy atom. The molecule has 19 heavy (non-hydrogen) atoms. The molecule has 0 aromatic heterocycles. The molecule has 0 unspecified atom stereocenters. The maximum atomic E-state index is 11.5. The number of nitrogens with zero attached hydrogens (tertiary/aromatic N) is 1. The highest BCUT2D eigenvalue weighted by Gasteiger charge is 2.16. The van der Waals surface area contributed by atoms with Crippen LogP contribution in [0.4, 0.5) is 17.1 Å². The molecule has 1 amide bonds. The van der Waals surface area contributed by atoms with Crippen molar-refractivity contribution in [3.8, 4) is 0 Å². The third-order valence-electron chi connectivity index (χ3n) is 3.41. The van der Waals surface area contributed by atoms with E-state index in [0.717, 1.165) is 18.8 Å². The van der Waals surface area contributed by atoms with Crippen molar-refractivity contribution in [2.75, 3.05) is 29.0 Å². The summed E-state index contributed by atoms with van der Waals surface area (Å²) in [6.45, 7) is 3.83. The SMILES string of the molecule is CCC(=O)Nc1cc(N2CCCCC2)c(N)cc1Cl. The maximum Gasteiger partial charge on any atom is 0.224 e. The van der Waals surface area contributed by atoms with E-state index in [-0.39, 0.29) is 5.91 Å². The van der Waals surface area contributed by atoms with Crippen molar-refractivity contribution in [1.82, 2.24) is 0 Å². The summed E-state index contributed by atoms with van der Waals surface area (Å²) in [7, 11) is 0. The van der Waals surface area contributed by atoms with Crippen LogP contribution in [-0.4, -0.2) is 19.0 Å². The molecule has 1 aromatic rings. The first kappa shape index (κ1) is 14.0. The van der Waals surface area contributed by atoms with E-state index in [4.69, 9.17) is 17.3 Å². The third-order valence-corrected chi connectivity index (χ3v) is 3.72. The Balaban J connectivity index is 2.27. The number of nitrogens with one attached hydrogen (secondary N) is 1. The van der Waals surface area contributed by atoms with Gasteiger partial charge in [0.25, 0.3) is 0 Å². The van der Waals surface area contributed by atoms with Gasteiger partial charge in [-0.25, -0.2) is 0 Å². The van der Waals surface area contributed by atoms with E-state index in [0.29, 0.717) is 22.8 Å². The van der Waals surface area contributed by atoms with E-state index < -0.39 is 0 Å². The number of anilines is 3. The van der Waals surface area contributed by atoms with E-state index in [9.17, 15) is 4.79 Å². The Kier molecular flexibility index (Phi) is 4.53. The van der Waals surface area contributed by atoms with Crippen LogP contribution in [0.1, 0.15) is 32.6 Å².